The molecule has 1 radical (unpaired) electrons. The van der Waals surface area contributed by atoms with Crippen LogP contribution in [0.5, 0.6) is 5.75 Å². The van der Waals surface area contributed by atoms with Gasteiger partial charge in [-0.1, -0.05) is 12.1 Å². The number of hydrogen-bond acceptors (Lipinski definition) is 2. The summed E-state index contributed by atoms with van der Waals surface area (Å²) in [6.07, 6.45) is 0. The van der Waals surface area contributed by atoms with Crippen molar-refractivity contribution < 1.29 is 9.13 Å². The molecule has 1 aromatic rings. The number of alkyl halides is 1. The van der Waals surface area contributed by atoms with Gasteiger partial charge in [0.05, 0.1) is 18.8 Å². The average Bonchev–Trinajstić information content (AvgIpc) is 2.28. The SMILES string of the molecule is [CH2]C(CF)c1cccc(OCC)c1C#N. The first-order valence-corrected chi connectivity index (χ1v) is 4.79. The maximum absolute atomic E-state index is 12.5. The molecule has 79 valence electrons. The summed E-state index contributed by atoms with van der Waals surface area (Å²) in [6.45, 7) is 5.40. The number of hydrogen-bond donors (Lipinski definition) is 0. The van der Waals surface area contributed by atoms with Gasteiger partial charge in [0, 0.05) is 5.92 Å². The molecule has 2 nitrogen and oxygen atoms in total. The predicted octanol–water partition coefficient (Wildman–Crippen LogP) is 2.84. The van der Waals surface area contributed by atoms with Crippen LogP contribution < -0.4 is 4.74 Å². The number of nitriles is 1. The van der Waals surface area contributed by atoms with Crippen LogP contribution in [0.4, 0.5) is 4.39 Å². The lowest BCUT2D eigenvalue weighted by molar-refractivity contribution is 0.338. The lowest BCUT2D eigenvalue weighted by Crippen LogP contribution is -2.02. The zero-order valence-electron chi connectivity index (χ0n) is 8.66. The normalized spacial score (nSPS) is 11.9. The highest BCUT2D eigenvalue weighted by Gasteiger charge is 2.14. The van der Waals surface area contributed by atoms with E-state index in [0.29, 0.717) is 23.5 Å². The van der Waals surface area contributed by atoms with Gasteiger partial charge in [-0.3, -0.25) is 4.39 Å². The van der Waals surface area contributed by atoms with E-state index < -0.39 is 12.6 Å². The molecule has 0 aromatic heterocycles. The van der Waals surface area contributed by atoms with Crippen LogP contribution in [0.15, 0.2) is 18.2 Å². The summed E-state index contributed by atoms with van der Waals surface area (Å²) < 4.78 is 17.8. The molecular formula is C12H13FNO. The van der Waals surface area contributed by atoms with Gasteiger partial charge in [0.15, 0.2) is 0 Å². The average molecular weight is 206 g/mol. The van der Waals surface area contributed by atoms with Crippen molar-refractivity contribution in [2.24, 2.45) is 0 Å². The highest BCUT2D eigenvalue weighted by atomic mass is 19.1. The summed E-state index contributed by atoms with van der Waals surface area (Å²) in [4.78, 5) is 0. The Bertz CT molecular complexity index is 370. The standard InChI is InChI=1S/C12H13FNO/c1-3-15-12-6-4-5-10(9(2)7-13)11(12)8-14/h4-6,9H,2-3,7H2,1H3. The van der Waals surface area contributed by atoms with Gasteiger partial charge >= 0.3 is 0 Å². The summed E-state index contributed by atoms with van der Waals surface area (Å²) in [5.74, 6) is -0.0142. The fourth-order valence-corrected chi connectivity index (χ4v) is 1.37. The Morgan fingerprint density at radius 1 is 1.60 bits per heavy atom. The minimum atomic E-state index is -0.579. The third kappa shape index (κ3) is 2.47. The van der Waals surface area contributed by atoms with Crippen LogP contribution in [-0.2, 0) is 0 Å². The number of rotatable bonds is 4. The third-order valence-electron chi connectivity index (χ3n) is 2.10. The van der Waals surface area contributed by atoms with Crippen LogP contribution in [0.3, 0.4) is 0 Å². The second kappa shape index (κ2) is 5.35. The van der Waals surface area contributed by atoms with Gasteiger partial charge in [-0.05, 0) is 25.5 Å². The molecule has 0 N–H and O–H groups in total. The van der Waals surface area contributed by atoms with Crippen molar-refractivity contribution in [3.63, 3.8) is 0 Å². The van der Waals surface area contributed by atoms with Crippen molar-refractivity contribution in [3.8, 4) is 11.8 Å². The van der Waals surface area contributed by atoms with E-state index in [1.165, 1.54) is 0 Å². The number of benzene rings is 1. The van der Waals surface area contributed by atoms with Crippen molar-refractivity contribution in [1.29, 1.82) is 5.26 Å². The zero-order chi connectivity index (χ0) is 11.3. The summed E-state index contributed by atoms with van der Waals surface area (Å²) >= 11 is 0. The fraction of sp³-hybridized carbons (Fsp3) is 0.333. The Balaban J connectivity index is 3.17. The fourth-order valence-electron chi connectivity index (χ4n) is 1.37. The summed E-state index contributed by atoms with van der Waals surface area (Å²) in [7, 11) is 0. The van der Waals surface area contributed by atoms with Gasteiger partial charge in [0.25, 0.3) is 0 Å². The largest absolute Gasteiger partial charge is 0.492 e. The highest BCUT2D eigenvalue weighted by molar-refractivity contribution is 5.50. The first-order chi connectivity index (χ1) is 7.24. The van der Waals surface area contributed by atoms with Crippen molar-refractivity contribution in [3.05, 3.63) is 36.2 Å². The minimum absolute atomic E-state index is 0.386. The Morgan fingerprint density at radius 3 is 2.87 bits per heavy atom. The molecule has 0 saturated carbocycles. The summed E-state index contributed by atoms with van der Waals surface area (Å²) in [5, 5.41) is 8.99. The molecule has 0 spiro atoms. The van der Waals surface area contributed by atoms with Crippen molar-refractivity contribution >= 4 is 0 Å². The topological polar surface area (TPSA) is 33.0 Å². The van der Waals surface area contributed by atoms with Crippen molar-refractivity contribution in [1.82, 2.24) is 0 Å². The second-order valence-corrected chi connectivity index (χ2v) is 3.12. The Hall–Kier alpha value is -1.56. The first kappa shape index (κ1) is 11.5. The molecule has 0 amide bonds. The molecule has 0 bridgehead atoms. The quantitative estimate of drug-likeness (QED) is 0.758. The highest BCUT2D eigenvalue weighted by Crippen LogP contribution is 2.27. The molecule has 0 aliphatic rings. The number of nitrogens with zero attached hydrogens (tertiary/aromatic N) is 1. The summed E-state index contributed by atoms with van der Waals surface area (Å²) in [5.41, 5.74) is 0.989. The number of halogens is 1. The second-order valence-electron chi connectivity index (χ2n) is 3.12. The van der Waals surface area contributed by atoms with Gasteiger partial charge < -0.3 is 4.74 Å². The van der Waals surface area contributed by atoms with Crippen LogP contribution in [0, 0.1) is 18.3 Å². The molecule has 1 atom stereocenters. The molecule has 15 heavy (non-hydrogen) atoms. The van der Waals surface area contributed by atoms with Crippen LogP contribution in [0.1, 0.15) is 24.0 Å². The van der Waals surface area contributed by atoms with Crippen molar-refractivity contribution in [2.75, 3.05) is 13.3 Å². The van der Waals surface area contributed by atoms with Gasteiger partial charge in [0.1, 0.15) is 11.8 Å². The zero-order valence-corrected chi connectivity index (χ0v) is 8.66. The van der Waals surface area contributed by atoms with Crippen LogP contribution in [-0.4, -0.2) is 13.3 Å². The molecule has 1 rings (SSSR count). The van der Waals surface area contributed by atoms with E-state index in [0.717, 1.165) is 0 Å². The summed E-state index contributed by atoms with van der Waals surface area (Å²) in [6, 6.07) is 7.19. The van der Waals surface area contributed by atoms with E-state index in [1.807, 2.05) is 13.0 Å². The first-order valence-electron chi connectivity index (χ1n) is 4.79. The van der Waals surface area contributed by atoms with E-state index in [9.17, 15) is 4.39 Å². The van der Waals surface area contributed by atoms with Crippen LogP contribution in [0.25, 0.3) is 0 Å². The minimum Gasteiger partial charge on any atom is -0.492 e. The van der Waals surface area contributed by atoms with E-state index in [4.69, 9.17) is 10.00 Å². The van der Waals surface area contributed by atoms with Crippen molar-refractivity contribution in [2.45, 2.75) is 12.8 Å². The predicted molar refractivity (Wildman–Crippen MR) is 56.4 cm³/mol. The Kier molecular flexibility index (Phi) is 4.11. The van der Waals surface area contributed by atoms with E-state index in [2.05, 4.69) is 6.92 Å². The lowest BCUT2D eigenvalue weighted by atomic mass is 9.97. The molecule has 0 fully saturated rings. The van der Waals surface area contributed by atoms with E-state index >= 15 is 0 Å². The molecule has 1 aromatic carbocycles. The van der Waals surface area contributed by atoms with Gasteiger partial charge in [-0.2, -0.15) is 5.26 Å². The maximum atomic E-state index is 12.5. The molecule has 1 unspecified atom stereocenters. The van der Waals surface area contributed by atoms with E-state index in [-0.39, 0.29) is 0 Å². The number of ether oxygens (including phenoxy) is 1. The van der Waals surface area contributed by atoms with Crippen LogP contribution >= 0.6 is 0 Å². The lowest BCUT2D eigenvalue weighted by Gasteiger charge is -2.12. The molecule has 0 heterocycles. The molecule has 0 aliphatic heterocycles. The van der Waals surface area contributed by atoms with Crippen LogP contribution in [0.2, 0.25) is 0 Å². The molecule has 3 heteroatoms. The Labute approximate surface area is 89.3 Å². The molecular weight excluding hydrogens is 193 g/mol. The molecule has 0 saturated heterocycles. The van der Waals surface area contributed by atoms with Gasteiger partial charge in [-0.15, -0.1) is 0 Å². The van der Waals surface area contributed by atoms with Gasteiger partial charge in [-0.25, -0.2) is 0 Å². The smallest absolute Gasteiger partial charge is 0.137 e. The van der Waals surface area contributed by atoms with Gasteiger partial charge in [0.2, 0.25) is 0 Å². The third-order valence-corrected chi connectivity index (χ3v) is 2.10. The van der Waals surface area contributed by atoms with E-state index in [1.54, 1.807) is 18.2 Å². The maximum Gasteiger partial charge on any atom is 0.137 e. The monoisotopic (exact) mass is 206 g/mol. The Morgan fingerprint density at radius 2 is 2.33 bits per heavy atom. The molecule has 0 aliphatic carbocycles.